The van der Waals surface area contributed by atoms with Gasteiger partial charge < -0.3 is 20.3 Å². The van der Waals surface area contributed by atoms with E-state index in [9.17, 15) is 0 Å². The third-order valence-electron chi connectivity index (χ3n) is 4.60. The zero-order valence-electron chi connectivity index (χ0n) is 17.2. The fraction of sp³-hybridized carbons (Fsp3) is 0.348. The number of guanidine groups is 1. The van der Waals surface area contributed by atoms with Crippen molar-refractivity contribution in [1.29, 1.82) is 0 Å². The third-order valence-corrected chi connectivity index (χ3v) is 4.60. The van der Waals surface area contributed by atoms with Crippen LogP contribution in [0.4, 0.5) is 5.69 Å². The number of nitrogens with one attached hydrogen (secondary N) is 2. The number of ether oxygens (including phenoxy) is 1. The summed E-state index contributed by atoms with van der Waals surface area (Å²) >= 11 is 0. The molecule has 1 heterocycles. The molecular formula is C23H31IN4O. The van der Waals surface area contributed by atoms with Crippen molar-refractivity contribution in [3.05, 3.63) is 71.8 Å². The smallest absolute Gasteiger partial charge is 0.191 e. The Bertz CT molecular complexity index is 797. The van der Waals surface area contributed by atoms with E-state index in [-0.39, 0.29) is 24.0 Å². The van der Waals surface area contributed by atoms with Gasteiger partial charge in [-0.05, 0) is 37.6 Å². The van der Waals surface area contributed by atoms with Gasteiger partial charge in [0, 0.05) is 37.4 Å². The van der Waals surface area contributed by atoms with Gasteiger partial charge in [-0.15, -0.1) is 24.0 Å². The zero-order chi connectivity index (χ0) is 19.6. The van der Waals surface area contributed by atoms with Crippen LogP contribution in [0.25, 0.3) is 0 Å². The van der Waals surface area contributed by atoms with Crippen molar-refractivity contribution in [1.82, 2.24) is 10.6 Å². The Balaban J connectivity index is 0.00000300. The number of hydrogen-bond acceptors (Lipinski definition) is 3. The van der Waals surface area contributed by atoms with Crippen LogP contribution in [0.1, 0.15) is 25.0 Å². The second kappa shape index (κ2) is 12.4. The molecule has 0 saturated carbocycles. The van der Waals surface area contributed by atoms with E-state index in [0.29, 0.717) is 19.7 Å². The first-order valence-electron chi connectivity index (χ1n) is 10.0. The quantitative estimate of drug-likeness (QED) is 0.242. The summed E-state index contributed by atoms with van der Waals surface area (Å²) in [5, 5.41) is 6.72. The number of hydrogen-bond donors (Lipinski definition) is 2. The molecule has 3 rings (SSSR count). The minimum Gasteiger partial charge on any atom is -0.494 e. The van der Waals surface area contributed by atoms with Gasteiger partial charge in [-0.25, -0.2) is 4.99 Å². The molecule has 6 heteroatoms. The second-order valence-corrected chi connectivity index (χ2v) is 6.63. The summed E-state index contributed by atoms with van der Waals surface area (Å²) in [5.74, 6) is 1.72. The van der Waals surface area contributed by atoms with E-state index < -0.39 is 0 Å². The number of benzene rings is 2. The molecule has 2 aromatic carbocycles. The number of nitrogens with zero attached hydrogens (tertiary/aromatic N) is 2. The zero-order valence-corrected chi connectivity index (χ0v) is 19.6. The number of aliphatic imine (C=N–C) groups is 1. The summed E-state index contributed by atoms with van der Waals surface area (Å²) in [6, 6.07) is 16.8. The fourth-order valence-corrected chi connectivity index (χ4v) is 3.14. The SMILES string of the molecule is CCNC(=NCc1ccc(N2CC=CC2)cc1)NCc1ccccc1OCC.I. The predicted octanol–water partition coefficient (Wildman–Crippen LogP) is 4.33. The lowest BCUT2D eigenvalue weighted by Gasteiger charge is -2.17. The van der Waals surface area contributed by atoms with Crippen LogP contribution in [-0.4, -0.2) is 32.2 Å². The predicted molar refractivity (Wildman–Crippen MR) is 132 cm³/mol. The normalized spacial score (nSPS) is 13.2. The van der Waals surface area contributed by atoms with Crippen LogP contribution in [-0.2, 0) is 13.1 Å². The molecule has 2 aromatic rings. The van der Waals surface area contributed by atoms with Crippen LogP contribution in [0, 0.1) is 0 Å². The van der Waals surface area contributed by atoms with Crippen molar-refractivity contribution >= 4 is 35.6 Å². The van der Waals surface area contributed by atoms with E-state index in [1.54, 1.807) is 0 Å². The molecule has 0 unspecified atom stereocenters. The van der Waals surface area contributed by atoms with E-state index in [2.05, 4.69) is 64.9 Å². The molecule has 0 radical (unpaired) electrons. The average Bonchev–Trinajstić information content (AvgIpc) is 3.26. The fourth-order valence-electron chi connectivity index (χ4n) is 3.14. The maximum atomic E-state index is 5.70. The van der Waals surface area contributed by atoms with Gasteiger partial charge >= 0.3 is 0 Å². The van der Waals surface area contributed by atoms with Crippen molar-refractivity contribution in [3.63, 3.8) is 0 Å². The first kappa shape index (κ1) is 23.1. The Morgan fingerprint density at radius 3 is 2.41 bits per heavy atom. The molecule has 0 aromatic heterocycles. The maximum absolute atomic E-state index is 5.70. The van der Waals surface area contributed by atoms with Crippen LogP contribution in [0.2, 0.25) is 0 Å². The van der Waals surface area contributed by atoms with Crippen molar-refractivity contribution in [2.24, 2.45) is 4.99 Å². The number of anilines is 1. The van der Waals surface area contributed by atoms with Gasteiger partial charge in [0.05, 0.1) is 13.2 Å². The lowest BCUT2D eigenvalue weighted by molar-refractivity contribution is 0.336. The monoisotopic (exact) mass is 506 g/mol. The van der Waals surface area contributed by atoms with E-state index in [1.165, 1.54) is 11.3 Å². The average molecular weight is 506 g/mol. The summed E-state index contributed by atoms with van der Waals surface area (Å²) in [6.07, 6.45) is 4.41. The first-order valence-corrected chi connectivity index (χ1v) is 10.0. The van der Waals surface area contributed by atoms with Crippen LogP contribution in [0.3, 0.4) is 0 Å². The third kappa shape index (κ3) is 6.96. The summed E-state index contributed by atoms with van der Waals surface area (Å²) < 4.78 is 5.70. The largest absolute Gasteiger partial charge is 0.494 e. The standard InChI is InChI=1S/C23H30N4O.HI/c1-3-24-23(26-18-20-9-5-6-10-22(20)28-4-2)25-17-19-11-13-21(14-12-19)27-15-7-8-16-27;/h5-14H,3-4,15-18H2,1-2H3,(H2,24,25,26);1H. The van der Waals surface area contributed by atoms with Crippen LogP contribution < -0.4 is 20.3 Å². The Morgan fingerprint density at radius 2 is 1.72 bits per heavy atom. The van der Waals surface area contributed by atoms with E-state index in [4.69, 9.17) is 9.73 Å². The van der Waals surface area contributed by atoms with Crippen LogP contribution >= 0.6 is 24.0 Å². The van der Waals surface area contributed by atoms with Gasteiger partial charge in [-0.1, -0.05) is 42.5 Å². The minimum atomic E-state index is 0. The number of para-hydroxylation sites is 1. The first-order chi connectivity index (χ1) is 13.8. The van der Waals surface area contributed by atoms with Gasteiger partial charge in [-0.3, -0.25) is 0 Å². The molecule has 0 amide bonds. The van der Waals surface area contributed by atoms with Crippen LogP contribution in [0.15, 0.2) is 65.7 Å². The van der Waals surface area contributed by atoms with Crippen molar-refractivity contribution in [2.45, 2.75) is 26.9 Å². The topological polar surface area (TPSA) is 48.9 Å². The van der Waals surface area contributed by atoms with Crippen molar-refractivity contribution < 1.29 is 4.74 Å². The molecule has 0 saturated heterocycles. The van der Waals surface area contributed by atoms with Gasteiger partial charge in [0.25, 0.3) is 0 Å². The minimum absolute atomic E-state index is 0. The van der Waals surface area contributed by atoms with Crippen LogP contribution in [0.5, 0.6) is 5.75 Å². The molecule has 156 valence electrons. The summed E-state index contributed by atoms with van der Waals surface area (Å²) in [4.78, 5) is 7.07. The molecule has 2 N–H and O–H groups in total. The molecule has 1 aliphatic rings. The summed E-state index contributed by atoms with van der Waals surface area (Å²) in [5.41, 5.74) is 3.58. The molecule has 0 atom stereocenters. The molecule has 0 aliphatic carbocycles. The maximum Gasteiger partial charge on any atom is 0.191 e. The lowest BCUT2D eigenvalue weighted by Crippen LogP contribution is -2.36. The Kier molecular flexibility index (Phi) is 9.83. The molecule has 0 bridgehead atoms. The molecule has 0 spiro atoms. The van der Waals surface area contributed by atoms with Crippen molar-refractivity contribution in [3.8, 4) is 5.75 Å². The summed E-state index contributed by atoms with van der Waals surface area (Å²) in [7, 11) is 0. The van der Waals surface area contributed by atoms with E-state index in [1.807, 2.05) is 25.1 Å². The van der Waals surface area contributed by atoms with Gasteiger partial charge in [0.1, 0.15) is 5.75 Å². The highest BCUT2D eigenvalue weighted by atomic mass is 127. The summed E-state index contributed by atoms with van der Waals surface area (Å²) in [6.45, 7) is 8.86. The highest BCUT2D eigenvalue weighted by Gasteiger charge is 2.07. The number of rotatable bonds is 8. The van der Waals surface area contributed by atoms with Crippen molar-refractivity contribution in [2.75, 3.05) is 31.1 Å². The second-order valence-electron chi connectivity index (χ2n) is 6.63. The Morgan fingerprint density at radius 1 is 1.00 bits per heavy atom. The molecular weight excluding hydrogens is 475 g/mol. The molecule has 0 fully saturated rings. The highest BCUT2D eigenvalue weighted by molar-refractivity contribution is 14.0. The van der Waals surface area contributed by atoms with Gasteiger partial charge in [0.2, 0.25) is 0 Å². The van der Waals surface area contributed by atoms with Gasteiger partial charge in [-0.2, -0.15) is 0 Å². The number of halogens is 1. The molecule has 29 heavy (non-hydrogen) atoms. The Hall–Kier alpha value is -2.22. The lowest BCUT2D eigenvalue weighted by atomic mass is 10.2. The molecule has 1 aliphatic heterocycles. The van der Waals surface area contributed by atoms with Gasteiger partial charge in [0.15, 0.2) is 5.96 Å². The van der Waals surface area contributed by atoms with E-state index >= 15 is 0 Å². The highest BCUT2D eigenvalue weighted by Crippen LogP contribution is 2.19. The Labute approximate surface area is 191 Å². The molecule has 5 nitrogen and oxygen atoms in total. The van der Waals surface area contributed by atoms with E-state index in [0.717, 1.165) is 36.9 Å².